The Hall–Kier alpha value is -0.320. The van der Waals surface area contributed by atoms with Crippen LogP contribution in [0.5, 0.6) is 0 Å². The zero-order valence-corrected chi connectivity index (χ0v) is 11.8. The maximum atomic E-state index is 13.6. The number of methoxy groups -OCH3 is 1. The summed E-state index contributed by atoms with van der Waals surface area (Å²) in [4.78, 5) is 11.4. The molecule has 0 saturated heterocycles. The highest BCUT2D eigenvalue weighted by molar-refractivity contribution is 8.01. The maximum Gasteiger partial charge on any atom is 0.319 e. The first-order valence-corrected chi connectivity index (χ1v) is 6.83. The van der Waals surface area contributed by atoms with E-state index >= 15 is 0 Å². The standard InChI is InChI=1S/C12H22F2O2S/c1-5-6-7-12(13,14)17-10(8-9(2)3)11(15)16-4/h9-10H,5-8H2,1-4H3. The molecule has 0 aromatic heterocycles. The van der Waals surface area contributed by atoms with Gasteiger partial charge in [0, 0.05) is 6.42 Å². The van der Waals surface area contributed by atoms with Crippen molar-refractivity contribution >= 4 is 17.7 Å². The van der Waals surface area contributed by atoms with Gasteiger partial charge in [-0.3, -0.25) is 4.79 Å². The molecule has 0 spiro atoms. The number of alkyl halides is 2. The van der Waals surface area contributed by atoms with Crippen molar-refractivity contribution in [3.63, 3.8) is 0 Å². The van der Waals surface area contributed by atoms with Gasteiger partial charge in [-0.15, -0.1) is 0 Å². The highest BCUT2D eigenvalue weighted by Gasteiger charge is 2.36. The molecule has 0 aromatic carbocycles. The first-order valence-electron chi connectivity index (χ1n) is 5.95. The normalized spacial score (nSPS) is 13.8. The lowest BCUT2D eigenvalue weighted by atomic mass is 10.1. The molecule has 0 bridgehead atoms. The van der Waals surface area contributed by atoms with Gasteiger partial charge in [-0.05, 0) is 18.8 Å². The molecule has 1 atom stereocenters. The van der Waals surface area contributed by atoms with Crippen molar-refractivity contribution < 1.29 is 18.3 Å². The van der Waals surface area contributed by atoms with Crippen molar-refractivity contribution in [3.05, 3.63) is 0 Å². The molecular formula is C12H22F2O2S. The number of rotatable bonds is 8. The lowest BCUT2D eigenvalue weighted by Gasteiger charge is -2.22. The summed E-state index contributed by atoms with van der Waals surface area (Å²) in [6, 6.07) is 0. The Morgan fingerprint density at radius 2 is 2.00 bits per heavy atom. The molecule has 0 heterocycles. The average Bonchev–Trinajstić information content (AvgIpc) is 2.23. The van der Waals surface area contributed by atoms with Crippen molar-refractivity contribution in [3.8, 4) is 0 Å². The predicted molar refractivity (Wildman–Crippen MR) is 67.3 cm³/mol. The second-order valence-corrected chi connectivity index (χ2v) is 5.90. The van der Waals surface area contributed by atoms with Gasteiger partial charge in [-0.1, -0.05) is 39.0 Å². The highest BCUT2D eigenvalue weighted by atomic mass is 32.2. The number of carbonyl (C=O) groups is 1. The van der Waals surface area contributed by atoms with Crippen LogP contribution in [0.25, 0.3) is 0 Å². The van der Waals surface area contributed by atoms with Crippen LogP contribution in [0.2, 0.25) is 0 Å². The molecule has 0 saturated carbocycles. The minimum absolute atomic E-state index is 0.181. The fraction of sp³-hybridized carbons (Fsp3) is 0.917. The number of carbonyl (C=O) groups excluding carboxylic acids is 1. The van der Waals surface area contributed by atoms with Crippen LogP contribution in [-0.4, -0.2) is 23.6 Å². The number of esters is 1. The summed E-state index contributed by atoms with van der Waals surface area (Å²) in [5, 5.41) is -3.61. The highest BCUT2D eigenvalue weighted by Crippen LogP contribution is 2.39. The smallest absolute Gasteiger partial charge is 0.319 e. The van der Waals surface area contributed by atoms with Gasteiger partial charge >= 0.3 is 5.97 Å². The van der Waals surface area contributed by atoms with Crippen LogP contribution in [0.3, 0.4) is 0 Å². The van der Waals surface area contributed by atoms with E-state index in [1.165, 1.54) is 7.11 Å². The Morgan fingerprint density at radius 1 is 1.41 bits per heavy atom. The monoisotopic (exact) mass is 268 g/mol. The summed E-state index contributed by atoms with van der Waals surface area (Å²) in [6.45, 7) is 5.67. The van der Waals surface area contributed by atoms with E-state index in [4.69, 9.17) is 0 Å². The molecule has 102 valence electrons. The lowest BCUT2D eigenvalue weighted by Crippen LogP contribution is -2.26. The van der Waals surface area contributed by atoms with Gasteiger partial charge in [0.05, 0.1) is 7.11 Å². The minimum atomic E-state index is -2.84. The number of unbranched alkanes of at least 4 members (excludes halogenated alkanes) is 1. The van der Waals surface area contributed by atoms with E-state index in [0.717, 1.165) is 6.42 Å². The summed E-state index contributed by atoms with van der Waals surface area (Å²) < 4.78 is 31.7. The molecule has 0 N–H and O–H groups in total. The molecule has 0 rings (SSSR count). The zero-order valence-electron chi connectivity index (χ0n) is 11.0. The Balaban J connectivity index is 4.44. The zero-order chi connectivity index (χ0) is 13.5. The molecule has 0 amide bonds. The van der Waals surface area contributed by atoms with Crippen LogP contribution >= 0.6 is 11.8 Å². The Kier molecular flexibility index (Phi) is 7.75. The quantitative estimate of drug-likeness (QED) is 0.620. The van der Waals surface area contributed by atoms with E-state index in [-0.39, 0.29) is 12.3 Å². The average molecular weight is 268 g/mol. The van der Waals surface area contributed by atoms with Crippen molar-refractivity contribution in [1.29, 1.82) is 0 Å². The van der Waals surface area contributed by atoms with Crippen molar-refractivity contribution in [2.75, 3.05) is 7.11 Å². The Morgan fingerprint density at radius 3 is 2.41 bits per heavy atom. The largest absolute Gasteiger partial charge is 0.468 e. The Labute approximate surface area is 106 Å². The predicted octanol–water partition coefficient (Wildman–Crippen LogP) is 4.09. The first kappa shape index (κ1) is 16.7. The van der Waals surface area contributed by atoms with Crippen LogP contribution in [0.4, 0.5) is 8.78 Å². The van der Waals surface area contributed by atoms with E-state index < -0.39 is 16.5 Å². The molecule has 0 aromatic rings. The molecule has 5 heteroatoms. The SMILES string of the molecule is CCCCC(F)(F)SC(CC(C)C)C(=O)OC. The van der Waals surface area contributed by atoms with Crippen molar-refractivity contribution in [1.82, 2.24) is 0 Å². The van der Waals surface area contributed by atoms with E-state index in [0.29, 0.717) is 24.6 Å². The Bertz CT molecular complexity index is 233. The summed E-state index contributed by atoms with van der Waals surface area (Å²) in [7, 11) is 1.24. The third-order valence-corrected chi connectivity index (χ3v) is 3.50. The minimum Gasteiger partial charge on any atom is -0.468 e. The number of halogens is 2. The van der Waals surface area contributed by atoms with Gasteiger partial charge in [0.15, 0.2) is 0 Å². The van der Waals surface area contributed by atoms with Crippen LogP contribution in [-0.2, 0) is 9.53 Å². The van der Waals surface area contributed by atoms with Gasteiger partial charge < -0.3 is 4.74 Å². The summed E-state index contributed by atoms with van der Waals surface area (Å²) in [6.07, 6.45) is 1.43. The number of ether oxygens (including phenoxy) is 1. The molecule has 1 unspecified atom stereocenters. The van der Waals surface area contributed by atoms with Crippen LogP contribution < -0.4 is 0 Å². The summed E-state index contributed by atoms with van der Waals surface area (Å²) >= 11 is 0.440. The van der Waals surface area contributed by atoms with Gasteiger partial charge in [0.2, 0.25) is 0 Å². The molecule has 2 nitrogen and oxygen atoms in total. The van der Waals surface area contributed by atoms with Gasteiger partial charge in [-0.25, -0.2) is 0 Å². The van der Waals surface area contributed by atoms with Crippen molar-refractivity contribution in [2.24, 2.45) is 5.92 Å². The van der Waals surface area contributed by atoms with E-state index in [9.17, 15) is 13.6 Å². The molecule has 0 aliphatic carbocycles. The number of thioether (sulfide) groups is 1. The second kappa shape index (κ2) is 7.90. The fourth-order valence-corrected chi connectivity index (χ4v) is 2.75. The van der Waals surface area contributed by atoms with E-state index in [1.807, 2.05) is 20.8 Å². The number of hydrogen-bond acceptors (Lipinski definition) is 3. The maximum absolute atomic E-state index is 13.6. The van der Waals surface area contributed by atoms with Crippen molar-refractivity contribution in [2.45, 2.75) is 57.0 Å². The molecule has 17 heavy (non-hydrogen) atoms. The fourth-order valence-electron chi connectivity index (χ4n) is 1.40. The van der Waals surface area contributed by atoms with Crippen LogP contribution in [0, 0.1) is 5.92 Å². The first-order chi connectivity index (χ1) is 7.82. The molecule has 0 radical (unpaired) electrons. The van der Waals surface area contributed by atoms with Gasteiger partial charge in [0.1, 0.15) is 5.25 Å². The second-order valence-electron chi connectivity index (χ2n) is 4.50. The van der Waals surface area contributed by atoms with E-state index in [2.05, 4.69) is 4.74 Å². The molecule has 0 fully saturated rings. The molecular weight excluding hydrogens is 246 g/mol. The van der Waals surface area contributed by atoms with Crippen LogP contribution in [0.15, 0.2) is 0 Å². The summed E-state index contributed by atoms with van der Waals surface area (Å²) in [5.74, 6) is -0.367. The topological polar surface area (TPSA) is 26.3 Å². The molecule has 0 aliphatic heterocycles. The summed E-state index contributed by atoms with van der Waals surface area (Å²) in [5.41, 5.74) is 0. The number of hydrogen-bond donors (Lipinski definition) is 0. The van der Waals surface area contributed by atoms with E-state index in [1.54, 1.807) is 0 Å². The lowest BCUT2D eigenvalue weighted by molar-refractivity contribution is -0.140. The van der Waals surface area contributed by atoms with Gasteiger partial charge in [0.25, 0.3) is 5.25 Å². The third kappa shape index (κ3) is 7.58. The van der Waals surface area contributed by atoms with Gasteiger partial charge in [-0.2, -0.15) is 8.78 Å². The van der Waals surface area contributed by atoms with Crippen LogP contribution in [0.1, 0.15) is 46.5 Å². The molecule has 0 aliphatic rings. The third-order valence-electron chi connectivity index (χ3n) is 2.29.